The summed E-state index contributed by atoms with van der Waals surface area (Å²) in [4.78, 5) is 10.1. The SMILES string of the molecule is CCNC(=NCC(C)(C)N1CCc2ccccc2C1)N1CCC(OCC)CC1.I. The molecule has 164 valence electrons. The second kappa shape index (κ2) is 11.5. The van der Waals surface area contributed by atoms with Crippen LogP contribution < -0.4 is 5.32 Å². The fourth-order valence-corrected chi connectivity index (χ4v) is 4.28. The van der Waals surface area contributed by atoms with Crippen molar-refractivity contribution in [3.63, 3.8) is 0 Å². The quantitative estimate of drug-likeness (QED) is 0.355. The molecule has 0 bridgehead atoms. The molecule has 0 spiro atoms. The number of likely N-dealkylation sites (tertiary alicyclic amines) is 1. The first-order valence-corrected chi connectivity index (χ1v) is 11.0. The average molecular weight is 514 g/mol. The number of guanidine groups is 1. The van der Waals surface area contributed by atoms with Gasteiger partial charge in [-0.3, -0.25) is 9.89 Å². The summed E-state index contributed by atoms with van der Waals surface area (Å²) in [5, 5.41) is 3.51. The van der Waals surface area contributed by atoms with E-state index in [1.54, 1.807) is 0 Å². The monoisotopic (exact) mass is 514 g/mol. The highest BCUT2D eigenvalue weighted by molar-refractivity contribution is 14.0. The van der Waals surface area contributed by atoms with Gasteiger partial charge in [-0.05, 0) is 58.1 Å². The minimum Gasteiger partial charge on any atom is -0.378 e. The Morgan fingerprint density at radius 1 is 1.14 bits per heavy atom. The van der Waals surface area contributed by atoms with Crippen LogP contribution in [0.5, 0.6) is 0 Å². The van der Waals surface area contributed by atoms with Crippen LogP contribution in [0.25, 0.3) is 0 Å². The molecule has 1 aromatic rings. The molecule has 5 nitrogen and oxygen atoms in total. The molecule has 1 aromatic carbocycles. The first-order valence-electron chi connectivity index (χ1n) is 11.0. The highest BCUT2D eigenvalue weighted by Gasteiger charge is 2.30. The Balaban J connectivity index is 0.00000300. The maximum Gasteiger partial charge on any atom is 0.193 e. The molecule has 3 rings (SSSR count). The second-order valence-electron chi connectivity index (χ2n) is 8.56. The topological polar surface area (TPSA) is 40.1 Å². The Hall–Kier alpha value is -0.860. The van der Waals surface area contributed by atoms with E-state index in [9.17, 15) is 0 Å². The largest absolute Gasteiger partial charge is 0.378 e. The number of benzene rings is 1. The lowest BCUT2D eigenvalue weighted by molar-refractivity contribution is 0.0262. The van der Waals surface area contributed by atoms with Crippen molar-refractivity contribution in [1.29, 1.82) is 0 Å². The highest BCUT2D eigenvalue weighted by Crippen LogP contribution is 2.25. The smallest absolute Gasteiger partial charge is 0.193 e. The van der Waals surface area contributed by atoms with Gasteiger partial charge in [-0.2, -0.15) is 0 Å². The molecule has 2 aliphatic rings. The van der Waals surface area contributed by atoms with Crippen LogP contribution in [-0.4, -0.2) is 66.7 Å². The maximum atomic E-state index is 5.80. The minimum absolute atomic E-state index is 0. The van der Waals surface area contributed by atoms with Gasteiger partial charge in [-0.25, -0.2) is 0 Å². The van der Waals surface area contributed by atoms with Gasteiger partial charge in [0.2, 0.25) is 0 Å². The summed E-state index contributed by atoms with van der Waals surface area (Å²) < 4.78 is 5.80. The van der Waals surface area contributed by atoms with Crippen molar-refractivity contribution >= 4 is 29.9 Å². The van der Waals surface area contributed by atoms with Gasteiger partial charge >= 0.3 is 0 Å². The maximum absolute atomic E-state index is 5.80. The summed E-state index contributed by atoms with van der Waals surface area (Å²) in [7, 11) is 0. The number of hydrogen-bond acceptors (Lipinski definition) is 3. The van der Waals surface area contributed by atoms with Crippen LogP contribution in [0, 0.1) is 0 Å². The summed E-state index contributed by atoms with van der Waals surface area (Å²) in [6.45, 7) is 15.6. The molecule has 0 aromatic heterocycles. The Morgan fingerprint density at radius 3 is 2.48 bits per heavy atom. The average Bonchev–Trinajstić information content (AvgIpc) is 2.71. The molecule has 0 unspecified atom stereocenters. The zero-order valence-corrected chi connectivity index (χ0v) is 20.9. The van der Waals surface area contributed by atoms with Crippen molar-refractivity contribution in [3.8, 4) is 0 Å². The number of halogens is 1. The van der Waals surface area contributed by atoms with Gasteiger partial charge in [0.15, 0.2) is 5.96 Å². The molecule has 0 amide bonds. The molecular formula is C23H39IN4O. The zero-order valence-electron chi connectivity index (χ0n) is 18.6. The Kier molecular flexibility index (Phi) is 9.69. The van der Waals surface area contributed by atoms with E-state index in [0.717, 1.165) is 71.1 Å². The van der Waals surface area contributed by atoms with E-state index >= 15 is 0 Å². The van der Waals surface area contributed by atoms with Crippen LogP contribution in [0.4, 0.5) is 0 Å². The van der Waals surface area contributed by atoms with Gasteiger partial charge in [0.1, 0.15) is 0 Å². The van der Waals surface area contributed by atoms with Crippen molar-refractivity contribution in [1.82, 2.24) is 15.1 Å². The first-order chi connectivity index (χ1) is 13.5. The van der Waals surface area contributed by atoms with E-state index in [0.29, 0.717) is 6.10 Å². The number of hydrogen-bond donors (Lipinski definition) is 1. The molecule has 2 heterocycles. The third-order valence-electron chi connectivity index (χ3n) is 6.08. The van der Waals surface area contributed by atoms with Crippen molar-refractivity contribution in [2.75, 3.05) is 39.3 Å². The molecule has 0 saturated carbocycles. The van der Waals surface area contributed by atoms with Crippen LogP contribution in [0.2, 0.25) is 0 Å². The van der Waals surface area contributed by atoms with E-state index in [-0.39, 0.29) is 29.5 Å². The van der Waals surface area contributed by atoms with E-state index in [1.165, 1.54) is 11.1 Å². The third kappa shape index (κ3) is 6.56. The Bertz CT molecular complexity index is 656. The van der Waals surface area contributed by atoms with Crippen LogP contribution in [0.15, 0.2) is 29.3 Å². The summed E-state index contributed by atoms with van der Waals surface area (Å²) in [5.74, 6) is 1.06. The van der Waals surface area contributed by atoms with E-state index < -0.39 is 0 Å². The zero-order chi connectivity index (χ0) is 20.0. The summed E-state index contributed by atoms with van der Waals surface area (Å²) in [6.07, 6.45) is 3.72. The molecule has 1 saturated heterocycles. The van der Waals surface area contributed by atoms with Crippen LogP contribution in [0.3, 0.4) is 0 Å². The van der Waals surface area contributed by atoms with Crippen molar-refractivity contribution < 1.29 is 4.74 Å². The number of fused-ring (bicyclic) bond motifs is 1. The third-order valence-corrected chi connectivity index (χ3v) is 6.08. The number of nitrogens with one attached hydrogen (secondary N) is 1. The molecular weight excluding hydrogens is 475 g/mol. The van der Waals surface area contributed by atoms with Gasteiger partial charge in [0.25, 0.3) is 0 Å². The molecule has 0 aliphatic carbocycles. The number of nitrogens with zero attached hydrogens (tertiary/aromatic N) is 3. The van der Waals surface area contributed by atoms with Crippen molar-refractivity contribution in [2.24, 2.45) is 4.99 Å². The first kappa shape index (κ1) is 24.4. The predicted octanol–water partition coefficient (Wildman–Crippen LogP) is 3.91. The molecule has 2 aliphatic heterocycles. The van der Waals surface area contributed by atoms with Crippen LogP contribution in [-0.2, 0) is 17.7 Å². The molecule has 29 heavy (non-hydrogen) atoms. The van der Waals surface area contributed by atoms with E-state index in [4.69, 9.17) is 9.73 Å². The number of ether oxygens (including phenoxy) is 1. The standard InChI is InChI=1S/C23H38N4O.HI/c1-5-24-22(26-14-12-21(13-15-26)28-6-2)25-18-23(3,4)27-16-11-19-9-7-8-10-20(19)17-27;/h7-10,21H,5-6,11-18H2,1-4H3,(H,24,25);1H. The minimum atomic E-state index is 0. The van der Waals surface area contributed by atoms with Crippen LogP contribution >= 0.6 is 24.0 Å². The lowest BCUT2D eigenvalue weighted by atomic mass is 9.94. The normalized spacial score (nSPS) is 18.9. The number of piperidine rings is 1. The Morgan fingerprint density at radius 2 is 1.83 bits per heavy atom. The summed E-state index contributed by atoms with van der Waals surface area (Å²) in [6, 6.07) is 8.85. The highest BCUT2D eigenvalue weighted by atomic mass is 127. The number of aliphatic imine (C=N–C) groups is 1. The molecule has 6 heteroatoms. The molecule has 1 fully saturated rings. The van der Waals surface area contributed by atoms with Crippen LogP contribution in [0.1, 0.15) is 51.7 Å². The lowest BCUT2D eigenvalue weighted by Gasteiger charge is -2.41. The van der Waals surface area contributed by atoms with E-state index in [1.807, 2.05) is 0 Å². The van der Waals surface area contributed by atoms with Crippen molar-refractivity contribution in [3.05, 3.63) is 35.4 Å². The van der Waals surface area contributed by atoms with E-state index in [2.05, 4.69) is 67.1 Å². The number of rotatable bonds is 6. The van der Waals surface area contributed by atoms with Gasteiger partial charge < -0.3 is 15.0 Å². The van der Waals surface area contributed by atoms with Gasteiger partial charge in [-0.1, -0.05) is 24.3 Å². The van der Waals surface area contributed by atoms with Gasteiger partial charge in [0, 0.05) is 44.9 Å². The fraction of sp³-hybridized carbons (Fsp3) is 0.696. The molecule has 1 N–H and O–H groups in total. The van der Waals surface area contributed by atoms with Gasteiger partial charge in [-0.15, -0.1) is 24.0 Å². The lowest BCUT2D eigenvalue weighted by Crippen LogP contribution is -2.51. The van der Waals surface area contributed by atoms with Gasteiger partial charge in [0.05, 0.1) is 12.6 Å². The fourth-order valence-electron chi connectivity index (χ4n) is 4.28. The van der Waals surface area contributed by atoms with Crippen molar-refractivity contribution in [2.45, 2.75) is 65.1 Å². The Labute approximate surface area is 194 Å². The summed E-state index contributed by atoms with van der Waals surface area (Å²) in [5.41, 5.74) is 3.01. The predicted molar refractivity (Wildman–Crippen MR) is 132 cm³/mol. The molecule has 0 atom stereocenters. The molecule has 0 radical (unpaired) electrons. The summed E-state index contributed by atoms with van der Waals surface area (Å²) >= 11 is 0. The second-order valence-corrected chi connectivity index (χ2v) is 8.56.